The Kier molecular flexibility index (Phi) is 7.68. The fourth-order valence-corrected chi connectivity index (χ4v) is 5.66. The van der Waals surface area contributed by atoms with E-state index in [1.807, 2.05) is 4.90 Å². The standard InChI is InChI=1S/C25H26ClF3N4O3S/c1-17(2)37(35,36)32-12-10-31(11-13-32)23-16-30-33(21-5-3-4-20(26)15-21)24(34)22(23)14-18-6-8-19(9-7-18)25(27,28)29/h3-9,15-17H,10-14H2,1-2H3. The average Bonchev–Trinajstić information content (AvgIpc) is 2.85. The number of anilines is 1. The van der Waals surface area contributed by atoms with Crippen molar-refractivity contribution < 1.29 is 21.6 Å². The third-order valence-corrected chi connectivity index (χ3v) is 8.82. The highest BCUT2D eigenvalue weighted by atomic mass is 35.5. The van der Waals surface area contributed by atoms with Gasteiger partial charge in [0.15, 0.2) is 0 Å². The smallest absolute Gasteiger partial charge is 0.367 e. The van der Waals surface area contributed by atoms with Crippen LogP contribution in [0.1, 0.15) is 30.5 Å². The highest BCUT2D eigenvalue weighted by molar-refractivity contribution is 7.89. The van der Waals surface area contributed by atoms with E-state index in [9.17, 15) is 26.4 Å². The largest absolute Gasteiger partial charge is 0.416 e. The van der Waals surface area contributed by atoms with Crippen molar-refractivity contribution in [3.05, 3.63) is 86.8 Å². The van der Waals surface area contributed by atoms with Crippen LogP contribution in [0, 0.1) is 0 Å². The third-order valence-electron chi connectivity index (χ3n) is 6.31. The van der Waals surface area contributed by atoms with Crippen molar-refractivity contribution in [2.45, 2.75) is 31.7 Å². The van der Waals surface area contributed by atoms with Gasteiger partial charge in [-0.1, -0.05) is 29.8 Å². The zero-order chi connectivity index (χ0) is 27.0. The number of rotatable bonds is 6. The lowest BCUT2D eigenvalue weighted by Gasteiger charge is -2.36. The average molecular weight is 555 g/mol. The Morgan fingerprint density at radius 3 is 2.24 bits per heavy atom. The molecule has 3 aromatic rings. The van der Waals surface area contributed by atoms with Gasteiger partial charge in [0.2, 0.25) is 10.0 Å². The zero-order valence-electron chi connectivity index (χ0n) is 20.2. The second-order valence-corrected chi connectivity index (χ2v) is 12.0. The molecule has 1 fully saturated rings. The van der Waals surface area contributed by atoms with Gasteiger partial charge in [0.25, 0.3) is 5.56 Å². The SMILES string of the molecule is CC(C)S(=O)(=O)N1CCN(c2cnn(-c3cccc(Cl)c3)c(=O)c2Cc2ccc(C(F)(F)F)cc2)CC1. The first kappa shape index (κ1) is 27.2. The molecule has 0 aliphatic carbocycles. The first-order chi connectivity index (χ1) is 17.4. The fourth-order valence-electron chi connectivity index (χ4n) is 4.21. The molecule has 198 valence electrons. The van der Waals surface area contributed by atoms with Gasteiger partial charge in [0.05, 0.1) is 28.4 Å². The number of aromatic nitrogens is 2. The molecular weight excluding hydrogens is 529 g/mol. The first-order valence-corrected chi connectivity index (χ1v) is 13.5. The van der Waals surface area contributed by atoms with Crippen LogP contribution in [0.15, 0.2) is 59.5 Å². The van der Waals surface area contributed by atoms with Crippen molar-refractivity contribution in [1.82, 2.24) is 14.1 Å². The lowest BCUT2D eigenvalue weighted by atomic mass is 10.0. The molecule has 0 N–H and O–H groups in total. The van der Waals surface area contributed by atoms with Crippen molar-refractivity contribution in [3.8, 4) is 5.69 Å². The molecule has 0 spiro atoms. The zero-order valence-corrected chi connectivity index (χ0v) is 21.8. The highest BCUT2D eigenvalue weighted by Gasteiger charge is 2.32. The van der Waals surface area contributed by atoms with Crippen LogP contribution in [-0.2, 0) is 22.6 Å². The number of piperazine rings is 1. The monoisotopic (exact) mass is 554 g/mol. The molecule has 0 unspecified atom stereocenters. The molecule has 2 aromatic carbocycles. The predicted molar refractivity (Wildman–Crippen MR) is 137 cm³/mol. The van der Waals surface area contributed by atoms with Gasteiger partial charge in [-0.05, 0) is 49.7 Å². The summed E-state index contributed by atoms with van der Waals surface area (Å²) in [6.45, 7) is 4.43. The number of benzene rings is 2. The highest BCUT2D eigenvalue weighted by Crippen LogP contribution is 2.30. The molecule has 1 saturated heterocycles. The number of hydrogen-bond donors (Lipinski definition) is 0. The summed E-state index contributed by atoms with van der Waals surface area (Å²) < 4.78 is 66.9. The van der Waals surface area contributed by atoms with E-state index in [1.54, 1.807) is 38.1 Å². The Balaban J connectivity index is 1.71. The predicted octanol–water partition coefficient (Wildman–Crippen LogP) is 4.36. The topological polar surface area (TPSA) is 75.5 Å². The summed E-state index contributed by atoms with van der Waals surface area (Å²) in [6, 6.07) is 11.3. The Labute approximate surface area is 218 Å². The third kappa shape index (κ3) is 5.83. The molecule has 0 amide bonds. The second-order valence-electron chi connectivity index (χ2n) is 9.06. The lowest BCUT2D eigenvalue weighted by Crippen LogP contribution is -2.51. The Hall–Kier alpha value is -2.89. The normalized spacial score (nSPS) is 15.4. The maximum absolute atomic E-state index is 13.6. The molecule has 0 atom stereocenters. The minimum absolute atomic E-state index is 0.0693. The number of nitrogens with zero attached hydrogens (tertiary/aromatic N) is 4. The van der Waals surface area contributed by atoms with E-state index in [1.165, 1.54) is 27.3 Å². The summed E-state index contributed by atoms with van der Waals surface area (Å²) >= 11 is 6.10. The van der Waals surface area contributed by atoms with Gasteiger partial charge in [-0.3, -0.25) is 4.79 Å². The van der Waals surface area contributed by atoms with Crippen LogP contribution < -0.4 is 10.5 Å². The lowest BCUT2D eigenvalue weighted by molar-refractivity contribution is -0.137. The number of alkyl halides is 3. The Bertz CT molecular complexity index is 1430. The van der Waals surface area contributed by atoms with E-state index in [0.29, 0.717) is 40.6 Å². The van der Waals surface area contributed by atoms with Gasteiger partial charge in [0.1, 0.15) is 0 Å². The van der Waals surface area contributed by atoms with E-state index in [-0.39, 0.29) is 19.5 Å². The molecule has 0 radical (unpaired) electrons. The maximum Gasteiger partial charge on any atom is 0.416 e. The minimum Gasteiger partial charge on any atom is -0.367 e. The summed E-state index contributed by atoms with van der Waals surface area (Å²) in [7, 11) is -3.41. The van der Waals surface area contributed by atoms with Crippen molar-refractivity contribution in [2.75, 3.05) is 31.1 Å². The summed E-state index contributed by atoms with van der Waals surface area (Å²) in [5.41, 5.74) is 0.628. The van der Waals surface area contributed by atoms with Gasteiger partial charge in [-0.15, -0.1) is 0 Å². The molecule has 7 nitrogen and oxygen atoms in total. The van der Waals surface area contributed by atoms with Crippen LogP contribution >= 0.6 is 11.6 Å². The van der Waals surface area contributed by atoms with Crippen LogP contribution in [0.5, 0.6) is 0 Å². The van der Waals surface area contributed by atoms with E-state index in [0.717, 1.165) is 12.1 Å². The van der Waals surface area contributed by atoms with Crippen LogP contribution in [0.2, 0.25) is 5.02 Å². The number of sulfonamides is 1. The Morgan fingerprint density at radius 1 is 1.03 bits per heavy atom. The van der Waals surface area contributed by atoms with Crippen LogP contribution in [-0.4, -0.2) is 53.9 Å². The van der Waals surface area contributed by atoms with Crippen molar-refractivity contribution in [3.63, 3.8) is 0 Å². The number of halogens is 4. The van der Waals surface area contributed by atoms with Gasteiger partial charge in [0, 0.05) is 43.2 Å². The Morgan fingerprint density at radius 2 is 1.68 bits per heavy atom. The van der Waals surface area contributed by atoms with Crippen molar-refractivity contribution >= 4 is 27.3 Å². The molecule has 12 heteroatoms. The van der Waals surface area contributed by atoms with E-state index >= 15 is 0 Å². The number of hydrogen-bond acceptors (Lipinski definition) is 5. The molecule has 0 bridgehead atoms. The van der Waals surface area contributed by atoms with E-state index in [2.05, 4.69) is 5.10 Å². The molecule has 2 heterocycles. The van der Waals surface area contributed by atoms with Gasteiger partial charge >= 0.3 is 6.18 Å². The van der Waals surface area contributed by atoms with Gasteiger partial charge in [-0.2, -0.15) is 27.3 Å². The van der Waals surface area contributed by atoms with Crippen molar-refractivity contribution in [2.24, 2.45) is 0 Å². The minimum atomic E-state index is -4.46. The summed E-state index contributed by atoms with van der Waals surface area (Å²) in [5.74, 6) is 0. The first-order valence-electron chi connectivity index (χ1n) is 11.6. The van der Waals surface area contributed by atoms with Crippen LogP contribution in [0.4, 0.5) is 18.9 Å². The second kappa shape index (κ2) is 10.5. The maximum atomic E-state index is 13.6. The van der Waals surface area contributed by atoms with E-state index < -0.39 is 32.6 Å². The molecule has 1 aromatic heterocycles. The molecule has 4 rings (SSSR count). The van der Waals surface area contributed by atoms with E-state index in [4.69, 9.17) is 11.6 Å². The van der Waals surface area contributed by atoms with Crippen LogP contribution in [0.3, 0.4) is 0 Å². The fraction of sp³-hybridized carbons (Fsp3) is 0.360. The van der Waals surface area contributed by atoms with Gasteiger partial charge < -0.3 is 4.90 Å². The van der Waals surface area contributed by atoms with Crippen LogP contribution in [0.25, 0.3) is 5.69 Å². The molecule has 0 saturated carbocycles. The molecule has 1 aliphatic rings. The van der Waals surface area contributed by atoms with Crippen molar-refractivity contribution in [1.29, 1.82) is 0 Å². The van der Waals surface area contributed by atoms with Gasteiger partial charge in [-0.25, -0.2) is 8.42 Å². The quantitative estimate of drug-likeness (QED) is 0.453. The molecule has 37 heavy (non-hydrogen) atoms. The summed E-state index contributed by atoms with van der Waals surface area (Å²) in [6.07, 6.45) is -2.86. The summed E-state index contributed by atoms with van der Waals surface area (Å²) in [4.78, 5) is 15.5. The molecular formula is C25H26ClF3N4O3S. The summed E-state index contributed by atoms with van der Waals surface area (Å²) in [5, 5.41) is 4.21. The molecule has 1 aliphatic heterocycles.